The third-order valence-corrected chi connectivity index (χ3v) is 1.87. The third-order valence-electron chi connectivity index (χ3n) is 1.49. The number of rotatable bonds is 3. The summed E-state index contributed by atoms with van der Waals surface area (Å²) in [6.07, 6.45) is 1.45. The molecule has 0 amide bonds. The van der Waals surface area contributed by atoms with Crippen LogP contribution in [0.5, 0.6) is 5.88 Å². The van der Waals surface area contributed by atoms with Crippen molar-refractivity contribution in [1.82, 2.24) is 9.97 Å². The summed E-state index contributed by atoms with van der Waals surface area (Å²) in [5.41, 5.74) is 0.425. The molecule has 0 saturated heterocycles. The predicted octanol–water partition coefficient (Wildman–Crippen LogP) is 2.96. The standard InChI is InChI=1S/C8H9BrF2N2O/c1-4(2)6-7(14-8(10)11)13-5(9)3-12-6/h3-4,8H,1-2H3. The van der Waals surface area contributed by atoms with E-state index in [-0.39, 0.29) is 11.8 Å². The molecule has 14 heavy (non-hydrogen) atoms. The minimum Gasteiger partial charge on any atom is -0.415 e. The molecular formula is C8H9BrF2N2O. The van der Waals surface area contributed by atoms with Crippen molar-refractivity contribution in [2.45, 2.75) is 26.4 Å². The Morgan fingerprint density at radius 3 is 2.57 bits per heavy atom. The highest BCUT2D eigenvalue weighted by atomic mass is 79.9. The number of aromatic nitrogens is 2. The molecule has 0 saturated carbocycles. The molecule has 0 aliphatic carbocycles. The van der Waals surface area contributed by atoms with E-state index in [4.69, 9.17) is 0 Å². The van der Waals surface area contributed by atoms with Crippen molar-refractivity contribution in [3.8, 4) is 5.88 Å². The summed E-state index contributed by atoms with van der Waals surface area (Å²) in [4.78, 5) is 7.75. The van der Waals surface area contributed by atoms with Gasteiger partial charge in [-0.05, 0) is 15.9 Å². The molecule has 1 heterocycles. The van der Waals surface area contributed by atoms with Crippen LogP contribution in [-0.2, 0) is 0 Å². The van der Waals surface area contributed by atoms with E-state index in [0.717, 1.165) is 0 Å². The monoisotopic (exact) mass is 266 g/mol. The van der Waals surface area contributed by atoms with Gasteiger partial charge in [-0.2, -0.15) is 8.78 Å². The summed E-state index contributed by atoms with van der Waals surface area (Å²) >= 11 is 3.04. The fourth-order valence-corrected chi connectivity index (χ4v) is 1.19. The summed E-state index contributed by atoms with van der Waals surface area (Å²) in [6, 6.07) is 0. The van der Waals surface area contributed by atoms with Gasteiger partial charge < -0.3 is 4.74 Å². The lowest BCUT2D eigenvalue weighted by Gasteiger charge is -2.10. The molecule has 6 heteroatoms. The van der Waals surface area contributed by atoms with Crippen LogP contribution in [0.4, 0.5) is 8.78 Å². The molecule has 1 rings (SSSR count). The Hall–Kier alpha value is -0.780. The molecular weight excluding hydrogens is 258 g/mol. The molecule has 0 atom stereocenters. The van der Waals surface area contributed by atoms with Gasteiger partial charge in [0, 0.05) is 5.92 Å². The average molecular weight is 267 g/mol. The molecule has 0 N–H and O–H groups in total. The maximum absolute atomic E-state index is 12.0. The van der Waals surface area contributed by atoms with Crippen molar-refractivity contribution in [3.05, 3.63) is 16.5 Å². The number of nitrogens with zero attached hydrogens (tertiary/aromatic N) is 2. The van der Waals surface area contributed by atoms with Crippen molar-refractivity contribution in [3.63, 3.8) is 0 Å². The zero-order chi connectivity index (χ0) is 10.7. The maximum atomic E-state index is 12.0. The first kappa shape index (κ1) is 11.3. The maximum Gasteiger partial charge on any atom is 0.388 e. The highest BCUT2D eigenvalue weighted by molar-refractivity contribution is 9.10. The number of halogens is 3. The topological polar surface area (TPSA) is 35.0 Å². The van der Waals surface area contributed by atoms with Crippen LogP contribution in [-0.4, -0.2) is 16.6 Å². The fourth-order valence-electron chi connectivity index (χ4n) is 0.928. The number of hydrogen-bond donors (Lipinski definition) is 0. The molecule has 0 bridgehead atoms. The molecule has 1 aromatic rings. The van der Waals surface area contributed by atoms with E-state index in [9.17, 15) is 8.78 Å². The zero-order valence-corrected chi connectivity index (χ0v) is 9.25. The summed E-state index contributed by atoms with van der Waals surface area (Å²) in [5.74, 6) is -0.131. The normalized spacial score (nSPS) is 11.1. The van der Waals surface area contributed by atoms with Crippen molar-refractivity contribution in [1.29, 1.82) is 0 Å². The second-order valence-corrected chi connectivity index (χ2v) is 3.73. The highest BCUT2D eigenvalue weighted by Crippen LogP contribution is 2.24. The molecule has 3 nitrogen and oxygen atoms in total. The van der Waals surface area contributed by atoms with Gasteiger partial charge in [-0.3, -0.25) is 4.98 Å². The average Bonchev–Trinajstić information content (AvgIpc) is 2.01. The largest absolute Gasteiger partial charge is 0.415 e. The van der Waals surface area contributed by atoms with E-state index in [0.29, 0.717) is 10.3 Å². The van der Waals surface area contributed by atoms with Crippen LogP contribution in [0, 0.1) is 0 Å². The summed E-state index contributed by atoms with van der Waals surface area (Å²) < 4.78 is 28.6. The van der Waals surface area contributed by atoms with Gasteiger partial charge in [-0.1, -0.05) is 13.8 Å². The van der Waals surface area contributed by atoms with Gasteiger partial charge >= 0.3 is 6.61 Å². The molecule has 0 unspecified atom stereocenters. The van der Waals surface area contributed by atoms with Crippen LogP contribution in [0.15, 0.2) is 10.8 Å². The van der Waals surface area contributed by atoms with Crippen molar-refractivity contribution < 1.29 is 13.5 Å². The Balaban J connectivity index is 3.03. The van der Waals surface area contributed by atoms with Crippen LogP contribution < -0.4 is 4.74 Å². The lowest BCUT2D eigenvalue weighted by molar-refractivity contribution is -0.0540. The lowest BCUT2D eigenvalue weighted by atomic mass is 10.1. The summed E-state index contributed by atoms with van der Waals surface area (Å²) in [6.45, 7) is 0.781. The number of hydrogen-bond acceptors (Lipinski definition) is 3. The zero-order valence-electron chi connectivity index (χ0n) is 7.67. The van der Waals surface area contributed by atoms with Gasteiger partial charge in [0.05, 0.1) is 6.20 Å². The molecule has 0 aromatic carbocycles. The Morgan fingerprint density at radius 1 is 1.43 bits per heavy atom. The SMILES string of the molecule is CC(C)c1ncc(Br)nc1OC(F)F. The summed E-state index contributed by atoms with van der Waals surface area (Å²) in [5, 5.41) is 0. The smallest absolute Gasteiger partial charge is 0.388 e. The molecule has 0 aliphatic heterocycles. The van der Waals surface area contributed by atoms with Crippen molar-refractivity contribution >= 4 is 15.9 Å². The first-order chi connectivity index (χ1) is 6.50. The van der Waals surface area contributed by atoms with Gasteiger partial charge in [0.1, 0.15) is 10.3 Å². The Morgan fingerprint density at radius 2 is 2.07 bits per heavy atom. The highest BCUT2D eigenvalue weighted by Gasteiger charge is 2.15. The molecule has 78 valence electrons. The first-order valence-electron chi connectivity index (χ1n) is 3.98. The van der Waals surface area contributed by atoms with Crippen LogP contribution in [0.25, 0.3) is 0 Å². The molecule has 0 spiro atoms. The fraction of sp³-hybridized carbons (Fsp3) is 0.500. The lowest BCUT2D eigenvalue weighted by Crippen LogP contribution is -2.08. The first-order valence-corrected chi connectivity index (χ1v) is 4.77. The number of alkyl halides is 2. The predicted molar refractivity (Wildman–Crippen MR) is 50.5 cm³/mol. The van der Waals surface area contributed by atoms with Gasteiger partial charge in [-0.15, -0.1) is 0 Å². The van der Waals surface area contributed by atoms with Crippen LogP contribution in [0.1, 0.15) is 25.5 Å². The number of ether oxygens (including phenoxy) is 1. The van der Waals surface area contributed by atoms with E-state index >= 15 is 0 Å². The van der Waals surface area contributed by atoms with E-state index < -0.39 is 6.61 Å². The van der Waals surface area contributed by atoms with E-state index in [1.807, 2.05) is 13.8 Å². The summed E-state index contributed by atoms with van der Waals surface area (Å²) in [7, 11) is 0. The molecule has 0 fully saturated rings. The van der Waals surface area contributed by atoms with E-state index in [2.05, 4.69) is 30.6 Å². The third kappa shape index (κ3) is 2.87. The van der Waals surface area contributed by atoms with Crippen molar-refractivity contribution in [2.75, 3.05) is 0 Å². The van der Waals surface area contributed by atoms with Gasteiger partial charge in [0.15, 0.2) is 0 Å². The second-order valence-electron chi connectivity index (χ2n) is 2.92. The Labute approximate surface area is 88.6 Å². The quantitative estimate of drug-likeness (QED) is 0.844. The van der Waals surface area contributed by atoms with E-state index in [1.54, 1.807) is 0 Å². The van der Waals surface area contributed by atoms with Gasteiger partial charge in [0.2, 0.25) is 5.88 Å². The Bertz CT molecular complexity index is 320. The van der Waals surface area contributed by atoms with Crippen LogP contribution in [0.2, 0.25) is 0 Å². The van der Waals surface area contributed by atoms with Crippen LogP contribution in [0.3, 0.4) is 0 Å². The second kappa shape index (κ2) is 4.63. The molecule has 1 aromatic heterocycles. The van der Waals surface area contributed by atoms with Gasteiger partial charge in [-0.25, -0.2) is 4.98 Å². The van der Waals surface area contributed by atoms with E-state index in [1.165, 1.54) is 6.20 Å². The minimum absolute atomic E-state index is 0.00986. The van der Waals surface area contributed by atoms with Gasteiger partial charge in [0.25, 0.3) is 0 Å². The molecule has 0 radical (unpaired) electrons. The van der Waals surface area contributed by atoms with Crippen molar-refractivity contribution in [2.24, 2.45) is 0 Å². The Kier molecular flexibility index (Phi) is 3.74. The van der Waals surface area contributed by atoms with Crippen LogP contribution >= 0.6 is 15.9 Å². The molecule has 0 aliphatic rings. The minimum atomic E-state index is -2.88.